The van der Waals surface area contributed by atoms with Gasteiger partial charge < -0.3 is 0 Å². The van der Waals surface area contributed by atoms with Crippen molar-refractivity contribution in [1.82, 2.24) is 4.90 Å². The third-order valence-electron chi connectivity index (χ3n) is 4.77. The van der Waals surface area contributed by atoms with Crippen molar-refractivity contribution in [2.75, 3.05) is 24.6 Å². The normalized spacial score (nSPS) is 17.4. The maximum atomic E-state index is 12.6. The molecule has 0 spiro atoms. The topological polar surface area (TPSA) is 54.5 Å². The minimum atomic E-state index is -4.42. The monoisotopic (exact) mass is 411 g/mol. The zero-order valence-electron chi connectivity index (χ0n) is 15.1. The summed E-state index contributed by atoms with van der Waals surface area (Å²) < 4.78 is 60.7. The van der Waals surface area contributed by atoms with Crippen LogP contribution in [0.5, 0.6) is 0 Å². The molecular weight excluding hydrogens is 391 g/mol. The Morgan fingerprint density at radius 2 is 1.43 bits per heavy atom. The number of halogens is 3. The highest BCUT2D eigenvalue weighted by Gasteiger charge is 2.30. The average Bonchev–Trinajstić information content (AvgIpc) is 2.64. The third kappa shape index (κ3) is 5.42. The van der Waals surface area contributed by atoms with Crippen molar-refractivity contribution in [2.45, 2.75) is 19.1 Å². The molecular formula is C20H20F3NO3S. The van der Waals surface area contributed by atoms with Crippen LogP contribution in [0.15, 0.2) is 48.5 Å². The number of sulfone groups is 1. The van der Waals surface area contributed by atoms with Crippen LogP contribution < -0.4 is 0 Å². The van der Waals surface area contributed by atoms with Gasteiger partial charge in [0.1, 0.15) is 0 Å². The number of Topliss-reactive ketones (excluding diaryl/α,β-unsaturated/α-hetero) is 1. The molecule has 3 rings (SSSR count). The number of hydrogen-bond donors (Lipinski definition) is 0. The van der Waals surface area contributed by atoms with E-state index >= 15 is 0 Å². The van der Waals surface area contributed by atoms with E-state index in [1.807, 2.05) is 24.3 Å². The van der Waals surface area contributed by atoms with Crippen molar-refractivity contribution in [3.8, 4) is 0 Å². The second-order valence-electron chi connectivity index (χ2n) is 6.92. The Kier molecular flexibility index (Phi) is 5.90. The van der Waals surface area contributed by atoms with Crippen molar-refractivity contribution in [3.63, 3.8) is 0 Å². The zero-order chi connectivity index (χ0) is 20.4. The predicted octanol–water partition coefficient (Wildman–Crippen LogP) is 3.36. The summed E-state index contributed by atoms with van der Waals surface area (Å²) in [5, 5.41) is 0. The second kappa shape index (κ2) is 8.05. The molecule has 0 unspecified atom stereocenters. The standard InChI is InChI=1S/C20H20F3NO3S/c21-20(22,23)18-7-5-17(6-8-18)19(25)13-15-1-3-16(4-2-15)14-24-9-11-28(26,27)12-10-24/h1-8H,9-14H2. The average molecular weight is 411 g/mol. The first kappa shape index (κ1) is 20.5. The molecule has 8 heteroatoms. The second-order valence-corrected chi connectivity index (χ2v) is 9.22. The number of carbonyl (C=O) groups is 1. The molecule has 0 aliphatic carbocycles. The molecule has 0 bridgehead atoms. The van der Waals surface area contributed by atoms with Crippen LogP contribution in [0.2, 0.25) is 0 Å². The Labute approximate surface area is 161 Å². The number of hydrogen-bond acceptors (Lipinski definition) is 4. The SMILES string of the molecule is O=C(Cc1ccc(CN2CCS(=O)(=O)CC2)cc1)c1ccc(C(F)(F)F)cc1. The van der Waals surface area contributed by atoms with Gasteiger partial charge in [0.05, 0.1) is 17.1 Å². The van der Waals surface area contributed by atoms with E-state index in [9.17, 15) is 26.4 Å². The van der Waals surface area contributed by atoms with Crippen LogP contribution in [0.1, 0.15) is 27.0 Å². The maximum Gasteiger partial charge on any atom is 0.416 e. The van der Waals surface area contributed by atoms with Crippen molar-refractivity contribution in [2.24, 2.45) is 0 Å². The van der Waals surface area contributed by atoms with Gasteiger partial charge in [-0.3, -0.25) is 9.69 Å². The first-order chi connectivity index (χ1) is 13.1. The van der Waals surface area contributed by atoms with Gasteiger partial charge >= 0.3 is 6.18 Å². The number of ketones is 1. The number of rotatable bonds is 5. The zero-order valence-corrected chi connectivity index (χ0v) is 15.9. The summed E-state index contributed by atoms with van der Waals surface area (Å²) in [5.41, 5.74) is 1.26. The fourth-order valence-electron chi connectivity index (χ4n) is 3.06. The Bertz CT molecular complexity index is 922. The molecule has 1 aliphatic rings. The van der Waals surface area contributed by atoms with Gasteiger partial charge in [-0.2, -0.15) is 13.2 Å². The summed E-state index contributed by atoms with van der Waals surface area (Å²) in [6.07, 6.45) is -4.32. The van der Waals surface area contributed by atoms with Gasteiger partial charge in [-0.05, 0) is 23.3 Å². The van der Waals surface area contributed by atoms with E-state index in [0.29, 0.717) is 19.6 Å². The van der Waals surface area contributed by atoms with Crippen LogP contribution in [0.3, 0.4) is 0 Å². The van der Waals surface area contributed by atoms with E-state index in [0.717, 1.165) is 23.3 Å². The molecule has 1 aliphatic heterocycles. The third-order valence-corrected chi connectivity index (χ3v) is 6.37. The largest absolute Gasteiger partial charge is 0.416 e. The lowest BCUT2D eigenvalue weighted by atomic mass is 10.0. The highest BCUT2D eigenvalue weighted by molar-refractivity contribution is 7.91. The fraction of sp³-hybridized carbons (Fsp3) is 0.350. The molecule has 2 aromatic carbocycles. The molecule has 1 saturated heterocycles. The van der Waals surface area contributed by atoms with Gasteiger partial charge in [-0.25, -0.2) is 8.42 Å². The van der Waals surface area contributed by atoms with E-state index in [-0.39, 0.29) is 29.3 Å². The molecule has 0 atom stereocenters. The van der Waals surface area contributed by atoms with E-state index in [2.05, 4.69) is 4.90 Å². The first-order valence-corrected chi connectivity index (χ1v) is 10.7. The lowest BCUT2D eigenvalue weighted by molar-refractivity contribution is -0.137. The van der Waals surface area contributed by atoms with Crippen molar-refractivity contribution >= 4 is 15.6 Å². The van der Waals surface area contributed by atoms with E-state index in [4.69, 9.17) is 0 Å². The van der Waals surface area contributed by atoms with Crippen molar-refractivity contribution in [1.29, 1.82) is 0 Å². The molecule has 4 nitrogen and oxygen atoms in total. The quantitative estimate of drug-likeness (QED) is 0.708. The molecule has 0 N–H and O–H groups in total. The van der Waals surface area contributed by atoms with Crippen molar-refractivity contribution in [3.05, 3.63) is 70.8 Å². The molecule has 0 amide bonds. The number of nitrogens with zero attached hydrogens (tertiary/aromatic N) is 1. The maximum absolute atomic E-state index is 12.6. The van der Waals surface area contributed by atoms with Gasteiger partial charge in [0.25, 0.3) is 0 Å². The lowest BCUT2D eigenvalue weighted by Gasteiger charge is -2.26. The van der Waals surface area contributed by atoms with E-state index in [1.165, 1.54) is 12.1 Å². The highest BCUT2D eigenvalue weighted by atomic mass is 32.2. The minimum absolute atomic E-state index is 0.105. The smallest absolute Gasteiger partial charge is 0.297 e. The lowest BCUT2D eigenvalue weighted by Crippen LogP contribution is -2.39. The molecule has 0 saturated carbocycles. The molecule has 28 heavy (non-hydrogen) atoms. The Balaban J connectivity index is 1.57. The number of carbonyl (C=O) groups excluding carboxylic acids is 1. The summed E-state index contributed by atoms with van der Waals surface area (Å²) in [7, 11) is -2.91. The first-order valence-electron chi connectivity index (χ1n) is 8.83. The van der Waals surface area contributed by atoms with Gasteiger partial charge in [0.15, 0.2) is 15.6 Å². The predicted molar refractivity (Wildman–Crippen MR) is 99.9 cm³/mol. The van der Waals surface area contributed by atoms with E-state index < -0.39 is 21.6 Å². The van der Waals surface area contributed by atoms with Gasteiger partial charge in [-0.15, -0.1) is 0 Å². The Morgan fingerprint density at radius 1 is 0.893 bits per heavy atom. The van der Waals surface area contributed by atoms with E-state index in [1.54, 1.807) is 0 Å². The van der Waals surface area contributed by atoms with Gasteiger partial charge in [0, 0.05) is 31.6 Å². The summed E-state index contributed by atoms with van der Waals surface area (Å²) in [6.45, 7) is 1.66. The molecule has 0 aromatic heterocycles. The fourth-order valence-corrected chi connectivity index (χ4v) is 4.34. The van der Waals surface area contributed by atoms with Crippen LogP contribution in [-0.2, 0) is 29.0 Å². The molecule has 1 heterocycles. The van der Waals surface area contributed by atoms with Gasteiger partial charge in [-0.1, -0.05) is 36.4 Å². The van der Waals surface area contributed by atoms with Crippen LogP contribution in [-0.4, -0.2) is 43.7 Å². The van der Waals surface area contributed by atoms with Crippen LogP contribution in [0.25, 0.3) is 0 Å². The van der Waals surface area contributed by atoms with Crippen LogP contribution >= 0.6 is 0 Å². The molecule has 150 valence electrons. The van der Waals surface area contributed by atoms with Crippen LogP contribution in [0.4, 0.5) is 13.2 Å². The van der Waals surface area contributed by atoms with Crippen molar-refractivity contribution < 1.29 is 26.4 Å². The Hall–Kier alpha value is -2.19. The summed E-state index contributed by atoms with van der Waals surface area (Å²) >= 11 is 0. The highest BCUT2D eigenvalue weighted by Crippen LogP contribution is 2.29. The summed E-state index contributed by atoms with van der Waals surface area (Å²) in [4.78, 5) is 14.4. The summed E-state index contributed by atoms with van der Waals surface area (Å²) in [5.74, 6) is 0.0992. The summed E-state index contributed by atoms with van der Waals surface area (Å²) in [6, 6.07) is 11.6. The number of alkyl halides is 3. The molecule has 0 radical (unpaired) electrons. The molecule has 2 aromatic rings. The van der Waals surface area contributed by atoms with Gasteiger partial charge in [0.2, 0.25) is 0 Å². The number of benzene rings is 2. The minimum Gasteiger partial charge on any atom is -0.297 e. The van der Waals surface area contributed by atoms with Crippen LogP contribution in [0, 0.1) is 0 Å². The Morgan fingerprint density at radius 3 is 1.96 bits per heavy atom. The molecule has 1 fully saturated rings.